The Morgan fingerprint density at radius 2 is 1.62 bits per heavy atom. The largest absolute Gasteiger partial charge is 0.496 e. The minimum atomic E-state index is -4.68. The number of nitrogens with zero attached hydrogens (tertiary/aromatic N) is 2. The van der Waals surface area contributed by atoms with E-state index in [2.05, 4.69) is 15.6 Å². The van der Waals surface area contributed by atoms with Crippen LogP contribution in [0.2, 0.25) is 0 Å². The SMILES string of the molecule is COc1cc(OC)c(C(F)(F)F)cc1NC(=O)Nc1cccc2c1cc(C)n2-c1ccncc1. The molecule has 2 heterocycles. The lowest BCUT2D eigenvalue weighted by atomic mass is 10.1. The number of amides is 2. The lowest BCUT2D eigenvalue weighted by Crippen LogP contribution is -2.20. The molecular formula is C24H21F3N4O3. The van der Waals surface area contributed by atoms with Gasteiger partial charge in [-0.05, 0) is 43.3 Å². The molecule has 176 valence electrons. The summed E-state index contributed by atoms with van der Waals surface area (Å²) in [6.07, 6.45) is -1.30. The third-order valence-electron chi connectivity index (χ3n) is 5.27. The van der Waals surface area contributed by atoms with Crippen LogP contribution < -0.4 is 20.1 Å². The molecule has 0 spiro atoms. The number of hydrogen-bond acceptors (Lipinski definition) is 4. The van der Waals surface area contributed by atoms with Gasteiger partial charge >= 0.3 is 12.2 Å². The van der Waals surface area contributed by atoms with E-state index in [1.54, 1.807) is 24.5 Å². The van der Waals surface area contributed by atoms with Crippen molar-refractivity contribution in [3.63, 3.8) is 0 Å². The van der Waals surface area contributed by atoms with E-state index in [1.165, 1.54) is 7.11 Å². The molecule has 2 N–H and O–H groups in total. The van der Waals surface area contributed by atoms with Gasteiger partial charge in [-0.3, -0.25) is 4.98 Å². The van der Waals surface area contributed by atoms with Crippen molar-refractivity contribution < 1.29 is 27.4 Å². The van der Waals surface area contributed by atoms with Crippen molar-refractivity contribution in [2.45, 2.75) is 13.1 Å². The van der Waals surface area contributed by atoms with Crippen molar-refractivity contribution >= 4 is 28.3 Å². The number of anilines is 2. The minimum Gasteiger partial charge on any atom is -0.496 e. The molecular weight excluding hydrogens is 449 g/mol. The first-order chi connectivity index (χ1) is 16.2. The van der Waals surface area contributed by atoms with Gasteiger partial charge in [-0.1, -0.05) is 6.07 Å². The highest BCUT2D eigenvalue weighted by atomic mass is 19.4. The fourth-order valence-electron chi connectivity index (χ4n) is 3.80. The van der Waals surface area contributed by atoms with E-state index in [1.807, 2.05) is 35.8 Å². The normalized spacial score (nSPS) is 11.4. The second-order valence-electron chi connectivity index (χ2n) is 7.39. The summed E-state index contributed by atoms with van der Waals surface area (Å²) in [5, 5.41) is 5.93. The van der Waals surface area contributed by atoms with E-state index in [4.69, 9.17) is 9.47 Å². The Morgan fingerprint density at radius 1 is 0.941 bits per heavy atom. The number of fused-ring (bicyclic) bond motifs is 1. The molecule has 0 aliphatic heterocycles. The molecule has 2 aromatic carbocycles. The number of methoxy groups -OCH3 is 2. The summed E-state index contributed by atoms with van der Waals surface area (Å²) in [6, 6.07) is 12.2. The number of carbonyl (C=O) groups is 1. The first-order valence-corrected chi connectivity index (χ1v) is 10.2. The second-order valence-corrected chi connectivity index (χ2v) is 7.39. The van der Waals surface area contributed by atoms with Crippen LogP contribution in [0.4, 0.5) is 29.3 Å². The Morgan fingerprint density at radius 3 is 2.26 bits per heavy atom. The second kappa shape index (κ2) is 8.97. The van der Waals surface area contributed by atoms with Crippen LogP contribution in [-0.2, 0) is 6.18 Å². The van der Waals surface area contributed by atoms with Crippen LogP contribution in [0.15, 0.2) is 60.9 Å². The fraction of sp³-hybridized carbons (Fsp3) is 0.167. The number of urea groups is 1. The van der Waals surface area contributed by atoms with Gasteiger partial charge in [0.05, 0.1) is 36.7 Å². The zero-order chi connectivity index (χ0) is 24.5. The van der Waals surface area contributed by atoms with Crippen LogP contribution in [0.1, 0.15) is 11.3 Å². The van der Waals surface area contributed by atoms with E-state index in [0.717, 1.165) is 41.5 Å². The van der Waals surface area contributed by atoms with Crippen LogP contribution in [-0.4, -0.2) is 29.8 Å². The molecule has 0 fully saturated rings. The molecule has 0 saturated carbocycles. The molecule has 0 unspecified atom stereocenters. The molecule has 4 aromatic rings. The number of halogens is 3. The number of pyridine rings is 1. The Balaban J connectivity index is 1.66. The molecule has 7 nitrogen and oxygen atoms in total. The highest BCUT2D eigenvalue weighted by Crippen LogP contribution is 2.42. The number of aromatic nitrogens is 2. The van der Waals surface area contributed by atoms with Gasteiger partial charge < -0.3 is 24.7 Å². The molecule has 0 aliphatic rings. The molecule has 0 aliphatic carbocycles. The van der Waals surface area contributed by atoms with Crippen molar-refractivity contribution in [3.8, 4) is 17.2 Å². The number of hydrogen-bond donors (Lipinski definition) is 2. The first-order valence-electron chi connectivity index (χ1n) is 10.2. The summed E-state index contributed by atoms with van der Waals surface area (Å²) in [7, 11) is 2.42. The van der Waals surface area contributed by atoms with Crippen molar-refractivity contribution in [2.75, 3.05) is 24.9 Å². The van der Waals surface area contributed by atoms with Gasteiger partial charge in [0.2, 0.25) is 0 Å². The first kappa shape index (κ1) is 23.0. The Labute approximate surface area is 193 Å². The lowest BCUT2D eigenvalue weighted by Gasteiger charge is -2.17. The predicted molar refractivity (Wildman–Crippen MR) is 123 cm³/mol. The molecule has 0 bridgehead atoms. The topological polar surface area (TPSA) is 77.4 Å². The highest BCUT2D eigenvalue weighted by Gasteiger charge is 2.35. The number of carbonyl (C=O) groups excluding carboxylic acids is 1. The van der Waals surface area contributed by atoms with Crippen LogP contribution in [0.25, 0.3) is 16.6 Å². The third kappa shape index (κ3) is 4.34. The molecule has 2 aromatic heterocycles. The van der Waals surface area contributed by atoms with Gasteiger partial charge in [-0.15, -0.1) is 0 Å². The fourth-order valence-corrected chi connectivity index (χ4v) is 3.80. The van der Waals surface area contributed by atoms with Gasteiger partial charge in [0.25, 0.3) is 0 Å². The minimum absolute atomic E-state index is 0.0258. The summed E-state index contributed by atoms with van der Waals surface area (Å²) in [5.41, 5.74) is 2.01. The maximum atomic E-state index is 13.4. The van der Waals surface area contributed by atoms with E-state index in [0.29, 0.717) is 5.69 Å². The summed E-state index contributed by atoms with van der Waals surface area (Å²) in [6.45, 7) is 1.94. The third-order valence-corrected chi connectivity index (χ3v) is 5.27. The standard InChI is InChI=1S/C24H21F3N4O3/c1-14-11-16-18(5-4-6-20(16)31(14)15-7-9-28-10-8-15)29-23(32)30-19-12-17(24(25,26)27)21(33-2)13-22(19)34-3/h4-13H,1-3H3,(H2,29,30,32). The monoisotopic (exact) mass is 470 g/mol. The Bertz CT molecular complexity index is 1350. The number of nitrogens with one attached hydrogen (secondary N) is 2. The molecule has 2 amide bonds. The molecule has 0 radical (unpaired) electrons. The van der Waals surface area contributed by atoms with Crippen LogP contribution in [0.5, 0.6) is 11.5 Å². The number of aryl methyl sites for hydroxylation is 1. The summed E-state index contributed by atoms with van der Waals surface area (Å²) < 4.78 is 52.3. The average Bonchev–Trinajstić information content (AvgIpc) is 3.15. The van der Waals surface area contributed by atoms with Crippen molar-refractivity contribution in [2.24, 2.45) is 0 Å². The highest BCUT2D eigenvalue weighted by molar-refractivity contribution is 6.06. The van der Waals surface area contributed by atoms with Crippen LogP contribution in [0, 0.1) is 6.92 Å². The number of alkyl halides is 3. The van der Waals surface area contributed by atoms with Gasteiger partial charge in [0, 0.05) is 35.2 Å². The molecule has 34 heavy (non-hydrogen) atoms. The quantitative estimate of drug-likeness (QED) is 0.374. The average molecular weight is 470 g/mol. The van der Waals surface area contributed by atoms with Gasteiger partial charge in [0.1, 0.15) is 11.5 Å². The predicted octanol–water partition coefficient (Wildman–Crippen LogP) is 6.01. The smallest absolute Gasteiger partial charge is 0.420 e. The summed E-state index contributed by atoms with van der Waals surface area (Å²) in [4.78, 5) is 16.8. The Kier molecular flexibility index (Phi) is 6.06. The van der Waals surface area contributed by atoms with Crippen molar-refractivity contribution in [1.82, 2.24) is 9.55 Å². The van der Waals surface area contributed by atoms with E-state index in [9.17, 15) is 18.0 Å². The van der Waals surface area contributed by atoms with E-state index in [-0.39, 0.29) is 11.4 Å². The maximum absolute atomic E-state index is 13.4. The van der Waals surface area contributed by atoms with Gasteiger partial charge in [-0.25, -0.2) is 4.79 Å². The van der Waals surface area contributed by atoms with E-state index >= 15 is 0 Å². The lowest BCUT2D eigenvalue weighted by molar-refractivity contribution is -0.138. The Hall–Kier alpha value is -4.21. The van der Waals surface area contributed by atoms with Crippen LogP contribution in [0.3, 0.4) is 0 Å². The van der Waals surface area contributed by atoms with E-state index < -0.39 is 23.5 Å². The summed E-state index contributed by atoms with van der Waals surface area (Å²) in [5.74, 6) is -0.383. The number of ether oxygens (including phenoxy) is 2. The number of benzene rings is 2. The van der Waals surface area contributed by atoms with Crippen molar-refractivity contribution in [3.05, 3.63) is 72.2 Å². The number of rotatable bonds is 5. The maximum Gasteiger partial charge on any atom is 0.420 e. The van der Waals surface area contributed by atoms with Gasteiger partial charge in [0.15, 0.2) is 0 Å². The molecule has 10 heteroatoms. The molecule has 0 atom stereocenters. The van der Waals surface area contributed by atoms with Crippen molar-refractivity contribution in [1.29, 1.82) is 0 Å². The molecule has 4 rings (SSSR count). The molecule has 0 saturated heterocycles. The zero-order valence-corrected chi connectivity index (χ0v) is 18.5. The van der Waals surface area contributed by atoms with Gasteiger partial charge in [-0.2, -0.15) is 13.2 Å². The van der Waals surface area contributed by atoms with Crippen LogP contribution >= 0.6 is 0 Å². The zero-order valence-electron chi connectivity index (χ0n) is 18.5. The summed E-state index contributed by atoms with van der Waals surface area (Å²) >= 11 is 0.